The highest BCUT2D eigenvalue weighted by Gasteiger charge is 2.23. The molecule has 1 aromatic rings. The van der Waals surface area contributed by atoms with Gasteiger partial charge in [0.2, 0.25) is 5.91 Å². The fourth-order valence-corrected chi connectivity index (χ4v) is 1.59. The van der Waals surface area contributed by atoms with Crippen LogP contribution in [0.5, 0.6) is 0 Å². The second kappa shape index (κ2) is 7.28. The maximum atomic E-state index is 11.7. The summed E-state index contributed by atoms with van der Waals surface area (Å²) in [5.41, 5.74) is 0.443. The minimum absolute atomic E-state index is 0.235. The Labute approximate surface area is 117 Å². The van der Waals surface area contributed by atoms with Crippen LogP contribution >= 0.6 is 0 Å². The molecule has 0 aromatic heterocycles. The molecule has 2 amide bonds. The lowest BCUT2D eigenvalue weighted by Gasteiger charge is -2.17. The average molecular weight is 278 g/mol. The number of benzene rings is 1. The summed E-state index contributed by atoms with van der Waals surface area (Å²) in [6, 6.07) is 7.51. The van der Waals surface area contributed by atoms with Crippen LogP contribution in [0.15, 0.2) is 30.3 Å². The van der Waals surface area contributed by atoms with E-state index in [1.807, 2.05) is 0 Å². The predicted octanol–water partition coefficient (Wildman–Crippen LogP) is 0.642. The SMILES string of the molecule is CC(C)C(NC(=O)CNC(=O)c1ccccc1)C(=O)O. The Morgan fingerprint density at radius 2 is 1.75 bits per heavy atom. The Hall–Kier alpha value is -2.37. The number of hydrogen-bond acceptors (Lipinski definition) is 3. The van der Waals surface area contributed by atoms with Crippen molar-refractivity contribution >= 4 is 17.8 Å². The van der Waals surface area contributed by atoms with Gasteiger partial charge in [0.25, 0.3) is 5.91 Å². The van der Waals surface area contributed by atoms with E-state index in [0.29, 0.717) is 5.56 Å². The van der Waals surface area contributed by atoms with Crippen molar-refractivity contribution in [3.63, 3.8) is 0 Å². The molecule has 0 heterocycles. The van der Waals surface area contributed by atoms with Crippen LogP contribution in [-0.4, -0.2) is 35.5 Å². The van der Waals surface area contributed by atoms with E-state index in [1.54, 1.807) is 44.2 Å². The number of carboxylic acid groups (broad SMARTS) is 1. The second-order valence-electron chi connectivity index (χ2n) is 4.68. The van der Waals surface area contributed by atoms with E-state index in [0.717, 1.165) is 0 Å². The van der Waals surface area contributed by atoms with E-state index >= 15 is 0 Å². The van der Waals surface area contributed by atoms with Crippen molar-refractivity contribution in [2.45, 2.75) is 19.9 Å². The predicted molar refractivity (Wildman–Crippen MR) is 73.2 cm³/mol. The van der Waals surface area contributed by atoms with Crippen LogP contribution in [0, 0.1) is 5.92 Å². The Morgan fingerprint density at radius 1 is 1.15 bits per heavy atom. The summed E-state index contributed by atoms with van der Waals surface area (Å²) >= 11 is 0. The first kappa shape index (κ1) is 15.7. The third-order valence-corrected chi connectivity index (χ3v) is 2.69. The molecule has 0 radical (unpaired) electrons. The maximum Gasteiger partial charge on any atom is 0.326 e. The molecule has 0 bridgehead atoms. The minimum atomic E-state index is -1.09. The van der Waals surface area contributed by atoms with Crippen LogP contribution in [0.25, 0.3) is 0 Å². The van der Waals surface area contributed by atoms with Crippen molar-refractivity contribution in [3.8, 4) is 0 Å². The number of carbonyl (C=O) groups is 3. The van der Waals surface area contributed by atoms with Gasteiger partial charge in [0.1, 0.15) is 6.04 Å². The molecule has 0 saturated carbocycles. The van der Waals surface area contributed by atoms with Crippen molar-refractivity contribution in [1.82, 2.24) is 10.6 Å². The van der Waals surface area contributed by atoms with Crippen molar-refractivity contribution < 1.29 is 19.5 Å². The summed E-state index contributed by atoms with van der Waals surface area (Å²) in [5.74, 6) is -2.24. The molecule has 1 rings (SSSR count). The second-order valence-corrected chi connectivity index (χ2v) is 4.68. The normalized spacial score (nSPS) is 11.8. The summed E-state index contributed by atoms with van der Waals surface area (Å²) < 4.78 is 0. The van der Waals surface area contributed by atoms with Crippen LogP contribution < -0.4 is 10.6 Å². The molecular formula is C14H18N2O4. The minimum Gasteiger partial charge on any atom is -0.480 e. The van der Waals surface area contributed by atoms with E-state index in [4.69, 9.17) is 5.11 Å². The van der Waals surface area contributed by atoms with E-state index in [2.05, 4.69) is 10.6 Å². The van der Waals surface area contributed by atoms with Crippen LogP contribution in [0.4, 0.5) is 0 Å². The molecule has 0 saturated heterocycles. The molecule has 6 heteroatoms. The largest absolute Gasteiger partial charge is 0.480 e. The first-order valence-corrected chi connectivity index (χ1v) is 6.27. The van der Waals surface area contributed by atoms with E-state index in [1.165, 1.54) is 0 Å². The van der Waals surface area contributed by atoms with Gasteiger partial charge in [-0.1, -0.05) is 32.0 Å². The monoisotopic (exact) mass is 278 g/mol. The van der Waals surface area contributed by atoms with E-state index in [-0.39, 0.29) is 18.4 Å². The van der Waals surface area contributed by atoms with Gasteiger partial charge in [0.05, 0.1) is 6.54 Å². The molecule has 108 valence electrons. The lowest BCUT2D eigenvalue weighted by atomic mass is 10.1. The third-order valence-electron chi connectivity index (χ3n) is 2.69. The van der Waals surface area contributed by atoms with Gasteiger partial charge in [-0.15, -0.1) is 0 Å². The van der Waals surface area contributed by atoms with Gasteiger partial charge in [0.15, 0.2) is 0 Å². The van der Waals surface area contributed by atoms with E-state index < -0.39 is 17.9 Å². The fourth-order valence-electron chi connectivity index (χ4n) is 1.59. The number of carboxylic acids is 1. The Bertz CT molecular complexity index is 485. The van der Waals surface area contributed by atoms with Gasteiger partial charge >= 0.3 is 5.97 Å². The molecule has 6 nitrogen and oxygen atoms in total. The van der Waals surface area contributed by atoms with Gasteiger partial charge in [0, 0.05) is 5.56 Å². The molecule has 0 aliphatic heterocycles. The molecule has 1 aromatic carbocycles. The highest BCUT2D eigenvalue weighted by atomic mass is 16.4. The molecule has 3 N–H and O–H groups in total. The molecule has 1 atom stereocenters. The van der Waals surface area contributed by atoms with Crippen LogP contribution in [0.3, 0.4) is 0 Å². The quantitative estimate of drug-likeness (QED) is 0.711. The average Bonchev–Trinajstić information content (AvgIpc) is 2.42. The van der Waals surface area contributed by atoms with Crippen molar-refractivity contribution in [1.29, 1.82) is 0 Å². The summed E-state index contributed by atoms with van der Waals surface area (Å²) in [4.78, 5) is 34.2. The molecule has 1 unspecified atom stereocenters. The highest BCUT2D eigenvalue weighted by Crippen LogP contribution is 2.01. The number of rotatable bonds is 6. The lowest BCUT2D eigenvalue weighted by Crippen LogP contribution is -2.48. The molecule has 0 spiro atoms. The van der Waals surface area contributed by atoms with Crippen LogP contribution in [-0.2, 0) is 9.59 Å². The molecule has 0 fully saturated rings. The third kappa shape index (κ3) is 4.72. The first-order chi connectivity index (χ1) is 9.41. The van der Waals surface area contributed by atoms with Crippen LogP contribution in [0.1, 0.15) is 24.2 Å². The van der Waals surface area contributed by atoms with Gasteiger partial charge < -0.3 is 15.7 Å². The van der Waals surface area contributed by atoms with Gasteiger partial charge in [-0.2, -0.15) is 0 Å². The highest BCUT2D eigenvalue weighted by molar-refractivity contribution is 5.96. The number of aliphatic carboxylic acids is 1. The van der Waals surface area contributed by atoms with Crippen molar-refractivity contribution in [2.24, 2.45) is 5.92 Å². The topological polar surface area (TPSA) is 95.5 Å². The molecule has 20 heavy (non-hydrogen) atoms. The number of nitrogens with one attached hydrogen (secondary N) is 2. The maximum absolute atomic E-state index is 11.7. The Morgan fingerprint density at radius 3 is 2.25 bits per heavy atom. The number of carbonyl (C=O) groups excluding carboxylic acids is 2. The zero-order valence-electron chi connectivity index (χ0n) is 11.4. The van der Waals surface area contributed by atoms with Crippen LogP contribution in [0.2, 0.25) is 0 Å². The molecule has 0 aliphatic carbocycles. The molecular weight excluding hydrogens is 260 g/mol. The zero-order chi connectivity index (χ0) is 15.1. The summed E-state index contributed by atoms with van der Waals surface area (Å²) in [5, 5.41) is 13.8. The van der Waals surface area contributed by atoms with Gasteiger partial charge in [-0.25, -0.2) is 4.79 Å². The number of amides is 2. The Balaban J connectivity index is 2.47. The standard InChI is InChI=1S/C14H18N2O4/c1-9(2)12(14(19)20)16-11(17)8-15-13(18)10-6-4-3-5-7-10/h3-7,9,12H,8H2,1-2H3,(H,15,18)(H,16,17)(H,19,20). The molecule has 0 aliphatic rings. The van der Waals surface area contributed by atoms with Gasteiger partial charge in [-0.05, 0) is 18.1 Å². The van der Waals surface area contributed by atoms with Gasteiger partial charge in [-0.3, -0.25) is 9.59 Å². The lowest BCUT2D eigenvalue weighted by molar-refractivity contribution is -0.142. The summed E-state index contributed by atoms with van der Waals surface area (Å²) in [6.07, 6.45) is 0. The van der Waals surface area contributed by atoms with Crippen molar-refractivity contribution in [2.75, 3.05) is 6.54 Å². The fraction of sp³-hybridized carbons (Fsp3) is 0.357. The first-order valence-electron chi connectivity index (χ1n) is 6.27. The summed E-state index contributed by atoms with van der Waals surface area (Å²) in [6.45, 7) is 3.13. The number of hydrogen-bond donors (Lipinski definition) is 3. The Kier molecular flexibility index (Phi) is 5.71. The van der Waals surface area contributed by atoms with E-state index in [9.17, 15) is 14.4 Å². The van der Waals surface area contributed by atoms with Crippen molar-refractivity contribution in [3.05, 3.63) is 35.9 Å². The zero-order valence-corrected chi connectivity index (χ0v) is 11.4. The summed E-state index contributed by atoms with van der Waals surface area (Å²) in [7, 11) is 0. The smallest absolute Gasteiger partial charge is 0.326 e.